The number of aromatic amines is 1. The van der Waals surface area contributed by atoms with E-state index in [-0.39, 0.29) is 17.2 Å². The number of nitrogens with zero attached hydrogens (tertiary/aromatic N) is 1. The van der Waals surface area contributed by atoms with Gasteiger partial charge in [0.25, 0.3) is 5.56 Å². The van der Waals surface area contributed by atoms with E-state index in [9.17, 15) is 9.59 Å². The Morgan fingerprint density at radius 2 is 1.89 bits per heavy atom. The number of thioether (sulfide) groups is 1. The van der Waals surface area contributed by atoms with Crippen LogP contribution in [0.15, 0.2) is 70.6 Å². The minimum atomic E-state index is -0.245. The smallest absolute Gasteiger partial charge is 0.252 e. The van der Waals surface area contributed by atoms with Gasteiger partial charge in [-0.15, -0.1) is 0 Å². The maximum Gasteiger partial charge on any atom is 0.252 e. The average Bonchev–Trinajstić information content (AvgIpc) is 2.71. The summed E-state index contributed by atoms with van der Waals surface area (Å²) in [6.07, 6.45) is 0. The Morgan fingerprint density at radius 3 is 2.59 bits per heavy atom. The van der Waals surface area contributed by atoms with E-state index in [0.29, 0.717) is 17.4 Å². The molecule has 0 saturated heterocycles. The first kappa shape index (κ1) is 18.7. The summed E-state index contributed by atoms with van der Waals surface area (Å²) >= 11 is 1.19. The summed E-state index contributed by atoms with van der Waals surface area (Å²) in [4.78, 5) is 31.0. The first-order chi connectivity index (χ1) is 13.1. The molecule has 0 aliphatic rings. The van der Waals surface area contributed by atoms with E-state index in [0.717, 1.165) is 16.9 Å². The number of aromatic nitrogens is 2. The van der Waals surface area contributed by atoms with Crippen molar-refractivity contribution in [1.29, 1.82) is 0 Å². The molecule has 0 aliphatic heterocycles. The third kappa shape index (κ3) is 5.46. The lowest BCUT2D eigenvalue weighted by atomic mass is 10.1. The van der Waals surface area contributed by atoms with Crippen LogP contribution in [0.25, 0.3) is 11.3 Å². The molecule has 1 heterocycles. The van der Waals surface area contributed by atoms with Gasteiger partial charge in [0.05, 0.1) is 18.6 Å². The second-order valence-corrected chi connectivity index (χ2v) is 6.68. The molecule has 138 valence electrons. The summed E-state index contributed by atoms with van der Waals surface area (Å²) in [5.41, 5.74) is 2.17. The molecule has 1 aromatic heterocycles. The lowest BCUT2D eigenvalue weighted by Gasteiger charge is -2.07. The van der Waals surface area contributed by atoms with Gasteiger partial charge >= 0.3 is 0 Å². The second kappa shape index (κ2) is 9.05. The maximum absolute atomic E-state index is 12.1. The number of H-pyrrole nitrogens is 1. The minimum absolute atomic E-state index is 0.136. The molecule has 0 aliphatic carbocycles. The standard InChI is InChI=1S/C20H19N3O3S/c1-26-16-9-7-14(8-10-16)12-21-19(25)13-27-20-22-17(11-18(24)23-20)15-5-3-2-4-6-15/h2-11H,12-13H2,1H3,(H,21,25)(H,22,23,24). The van der Waals surface area contributed by atoms with Crippen molar-refractivity contribution in [2.24, 2.45) is 0 Å². The third-order valence-electron chi connectivity index (χ3n) is 3.78. The van der Waals surface area contributed by atoms with E-state index < -0.39 is 0 Å². The Labute approximate surface area is 161 Å². The fraction of sp³-hybridized carbons (Fsp3) is 0.150. The van der Waals surface area contributed by atoms with Crippen molar-refractivity contribution in [1.82, 2.24) is 15.3 Å². The number of methoxy groups -OCH3 is 1. The lowest BCUT2D eigenvalue weighted by molar-refractivity contribution is -0.118. The quantitative estimate of drug-likeness (QED) is 0.486. The summed E-state index contributed by atoms with van der Waals surface area (Å²) in [6.45, 7) is 0.428. The Kier molecular flexibility index (Phi) is 6.27. The fourth-order valence-corrected chi connectivity index (χ4v) is 3.09. The van der Waals surface area contributed by atoms with E-state index >= 15 is 0 Å². The largest absolute Gasteiger partial charge is 0.497 e. The number of hydrogen-bond acceptors (Lipinski definition) is 5. The van der Waals surface area contributed by atoms with Crippen molar-refractivity contribution in [3.8, 4) is 17.0 Å². The molecule has 6 nitrogen and oxygen atoms in total. The van der Waals surface area contributed by atoms with E-state index in [1.54, 1.807) is 7.11 Å². The molecule has 0 fully saturated rings. The monoisotopic (exact) mass is 381 g/mol. The zero-order valence-electron chi connectivity index (χ0n) is 14.8. The van der Waals surface area contributed by atoms with Gasteiger partial charge in [-0.1, -0.05) is 54.2 Å². The van der Waals surface area contributed by atoms with Crippen LogP contribution in [0.4, 0.5) is 0 Å². The molecular formula is C20H19N3O3S. The molecule has 7 heteroatoms. The molecule has 3 aromatic rings. The number of carbonyl (C=O) groups is 1. The molecule has 0 spiro atoms. The van der Waals surface area contributed by atoms with Crippen LogP contribution in [0.1, 0.15) is 5.56 Å². The van der Waals surface area contributed by atoms with Gasteiger partial charge in [0.1, 0.15) is 5.75 Å². The van der Waals surface area contributed by atoms with Crippen LogP contribution in [0.2, 0.25) is 0 Å². The number of nitrogens with one attached hydrogen (secondary N) is 2. The Hall–Kier alpha value is -3.06. The Bertz CT molecular complexity index is 956. The molecule has 1 amide bonds. The van der Waals surface area contributed by atoms with Crippen molar-refractivity contribution in [2.45, 2.75) is 11.7 Å². The highest BCUT2D eigenvalue weighted by molar-refractivity contribution is 7.99. The fourth-order valence-electron chi connectivity index (χ4n) is 2.39. The van der Waals surface area contributed by atoms with Gasteiger partial charge in [0, 0.05) is 18.2 Å². The summed E-state index contributed by atoms with van der Waals surface area (Å²) in [6, 6.07) is 18.4. The molecule has 0 bridgehead atoms. The Morgan fingerprint density at radius 1 is 1.15 bits per heavy atom. The van der Waals surface area contributed by atoms with Crippen molar-refractivity contribution < 1.29 is 9.53 Å². The second-order valence-electron chi connectivity index (χ2n) is 5.72. The van der Waals surface area contributed by atoms with Gasteiger partial charge in [0.15, 0.2) is 5.16 Å². The summed E-state index contributed by atoms with van der Waals surface area (Å²) in [5.74, 6) is 0.801. The van der Waals surface area contributed by atoms with Crippen molar-refractivity contribution >= 4 is 17.7 Å². The molecule has 2 N–H and O–H groups in total. The van der Waals surface area contributed by atoms with Gasteiger partial charge < -0.3 is 15.0 Å². The SMILES string of the molecule is COc1ccc(CNC(=O)CSc2nc(-c3ccccc3)cc(=O)[nH]2)cc1. The molecule has 27 heavy (non-hydrogen) atoms. The lowest BCUT2D eigenvalue weighted by Crippen LogP contribution is -2.24. The highest BCUT2D eigenvalue weighted by Crippen LogP contribution is 2.18. The van der Waals surface area contributed by atoms with Gasteiger partial charge in [-0.3, -0.25) is 9.59 Å². The van der Waals surface area contributed by atoms with Gasteiger partial charge in [-0.2, -0.15) is 0 Å². The average molecular weight is 381 g/mol. The van der Waals surface area contributed by atoms with Gasteiger partial charge in [-0.05, 0) is 17.7 Å². The predicted molar refractivity (Wildman–Crippen MR) is 106 cm³/mol. The third-order valence-corrected chi connectivity index (χ3v) is 4.65. The molecular weight excluding hydrogens is 362 g/mol. The molecule has 0 unspecified atom stereocenters. The van der Waals surface area contributed by atoms with Crippen molar-refractivity contribution in [2.75, 3.05) is 12.9 Å². The molecule has 0 radical (unpaired) electrons. The first-order valence-electron chi connectivity index (χ1n) is 8.33. The number of amides is 1. The van der Waals surface area contributed by atoms with Crippen molar-refractivity contribution in [3.63, 3.8) is 0 Å². The van der Waals surface area contributed by atoms with Crippen LogP contribution < -0.4 is 15.6 Å². The number of ether oxygens (including phenoxy) is 1. The van der Waals surface area contributed by atoms with Gasteiger partial charge in [-0.25, -0.2) is 4.98 Å². The zero-order chi connectivity index (χ0) is 19.1. The number of carbonyl (C=O) groups excluding carboxylic acids is 1. The van der Waals surface area contributed by atoms with E-state index in [1.807, 2.05) is 54.6 Å². The highest BCUT2D eigenvalue weighted by atomic mass is 32.2. The summed E-state index contributed by atoms with van der Waals surface area (Å²) in [7, 11) is 1.61. The topological polar surface area (TPSA) is 84.1 Å². The number of rotatable bonds is 7. The van der Waals surface area contributed by atoms with Crippen LogP contribution in [0.3, 0.4) is 0 Å². The van der Waals surface area contributed by atoms with Crippen LogP contribution in [-0.2, 0) is 11.3 Å². The zero-order valence-corrected chi connectivity index (χ0v) is 15.6. The number of benzene rings is 2. The van der Waals surface area contributed by atoms with Crippen molar-refractivity contribution in [3.05, 3.63) is 76.6 Å². The molecule has 3 rings (SSSR count). The molecule has 2 aromatic carbocycles. The predicted octanol–water partition coefficient (Wildman–Crippen LogP) is 2.85. The summed E-state index contributed by atoms with van der Waals surface area (Å²) in [5, 5.41) is 3.26. The van der Waals surface area contributed by atoms with Crippen LogP contribution in [0.5, 0.6) is 5.75 Å². The van der Waals surface area contributed by atoms with Crippen LogP contribution >= 0.6 is 11.8 Å². The summed E-state index contributed by atoms with van der Waals surface area (Å²) < 4.78 is 5.11. The van der Waals surface area contributed by atoms with E-state index in [1.165, 1.54) is 17.8 Å². The normalized spacial score (nSPS) is 10.4. The molecule has 0 saturated carbocycles. The van der Waals surface area contributed by atoms with Crippen LogP contribution in [0, 0.1) is 0 Å². The maximum atomic E-state index is 12.1. The van der Waals surface area contributed by atoms with Gasteiger partial charge in [0.2, 0.25) is 5.91 Å². The van der Waals surface area contributed by atoms with Crippen LogP contribution in [-0.4, -0.2) is 28.7 Å². The minimum Gasteiger partial charge on any atom is -0.497 e. The highest BCUT2D eigenvalue weighted by Gasteiger charge is 2.08. The number of hydrogen-bond donors (Lipinski definition) is 2. The van der Waals surface area contributed by atoms with E-state index in [2.05, 4.69) is 15.3 Å². The van der Waals surface area contributed by atoms with E-state index in [4.69, 9.17) is 4.74 Å². The Balaban J connectivity index is 1.57. The first-order valence-corrected chi connectivity index (χ1v) is 9.32. The molecule has 0 atom stereocenters.